The molecule has 2 saturated carbocycles. The van der Waals surface area contributed by atoms with Crippen LogP contribution in [0.15, 0.2) is 42.6 Å². The molecule has 2 bridgehead atoms. The molecule has 4 heterocycles. The number of aromatic nitrogens is 3. The number of nitrogens with one attached hydrogen (secondary N) is 1. The van der Waals surface area contributed by atoms with Gasteiger partial charge in [-0.3, -0.25) is 9.78 Å². The predicted molar refractivity (Wildman–Crippen MR) is 144 cm³/mol. The fraction of sp³-hybridized carbons (Fsp3) is 0.517. The number of carbonyl (C=O) groups excluding carboxylic acids is 1. The second-order valence-corrected chi connectivity index (χ2v) is 11.9. The zero-order valence-corrected chi connectivity index (χ0v) is 22.2. The molecule has 2 aliphatic heterocycles. The van der Waals surface area contributed by atoms with Crippen molar-refractivity contribution in [1.82, 2.24) is 15.2 Å². The Kier molecular flexibility index (Phi) is 6.71. The Morgan fingerprint density at radius 3 is 2.54 bits per heavy atom. The van der Waals surface area contributed by atoms with Crippen molar-refractivity contribution >= 4 is 28.1 Å². The Morgan fingerprint density at radius 1 is 1.11 bits per heavy atom. The molecule has 2 saturated heterocycles. The maximum absolute atomic E-state index is 12.2. The molecule has 7 rings (SSSR count). The van der Waals surface area contributed by atoms with Crippen LogP contribution >= 0.6 is 11.3 Å². The van der Waals surface area contributed by atoms with Crippen molar-refractivity contribution in [2.45, 2.75) is 81.6 Å². The van der Waals surface area contributed by atoms with Crippen LogP contribution in [0.1, 0.15) is 81.2 Å². The quantitative estimate of drug-likeness (QED) is 0.322. The summed E-state index contributed by atoms with van der Waals surface area (Å²) < 4.78 is 11.7. The molecule has 37 heavy (non-hydrogen) atoms. The number of benzene rings is 1. The number of rotatable bonds is 9. The van der Waals surface area contributed by atoms with E-state index in [-0.39, 0.29) is 17.0 Å². The Labute approximate surface area is 222 Å². The van der Waals surface area contributed by atoms with Gasteiger partial charge in [0.2, 0.25) is 5.13 Å². The fourth-order valence-corrected chi connectivity index (χ4v) is 6.69. The lowest BCUT2D eigenvalue weighted by Gasteiger charge is -2.53. The second kappa shape index (κ2) is 10.1. The Balaban J connectivity index is 1.07. The van der Waals surface area contributed by atoms with E-state index in [1.807, 2.05) is 25.3 Å². The van der Waals surface area contributed by atoms with Crippen LogP contribution < -0.4 is 5.32 Å². The van der Waals surface area contributed by atoms with Crippen LogP contribution in [0.4, 0.5) is 10.8 Å². The van der Waals surface area contributed by atoms with Gasteiger partial charge in [-0.05, 0) is 62.6 Å². The molecule has 0 unspecified atom stereocenters. The zero-order valence-electron chi connectivity index (χ0n) is 21.4. The van der Waals surface area contributed by atoms with E-state index < -0.39 is 0 Å². The van der Waals surface area contributed by atoms with Crippen molar-refractivity contribution in [3.8, 4) is 11.3 Å². The van der Waals surface area contributed by atoms with Gasteiger partial charge in [0, 0.05) is 16.9 Å². The van der Waals surface area contributed by atoms with E-state index >= 15 is 0 Å². The van der Waals surface area contributed by atoms with Gasteiger partial charge in [-0.1, -0.05) is 48.9 Å². The van der Waals surface area contributed by atoms with E-state index in [1.54, 1.807) is 11.3 Å². The Morgan fingerprint density at radius 2 is 1.92 bits per heavy atom. The van der Waals surface area contributed by atoms with E-state index in [1.165, 1.54) is 24.8 Å². The van der Waals surface area contributed by atoms with E-state index in [0.29, 0.717) is 25.6 Å². The molecule has 1 aromatic carbocycles. The molecule has 2 aromatic heterocycles. The van der Waals surface area contributed by atoms with Gasteiger partial charge < -0.3 is 14.8 Å². The van der Waals surface area contributed by atoms with E-state index in [2.05, 4.69) is 44.8 Å². The first kappa shape index (κ1) is 24.5. The number of nitrogens with zero attached hydrogens (tertiary/aromatic N) is 3. The average Bonchev–Trinajstić information content (AvgIpc) is 3.35. The van der Waals surface area contributed by atoms with E-state index in [4.69, 9.17) is 9.47 Å². The number of hydrogen-bond donors (Lipinski definition) is 1. The summed E-state index contributed by atoms with van der Waals surface area (Å²) in [6.07, 6.45) is 10.7. The summed E-state index contributed by atoms with van der Waals surface area (Å²) in [6.45, 7) is 3.17. The molecule has 2 aliphatic carbocycles. The van der Waals surface area contributed by atoms with Crippen LogP contribution in [0, 0.1) is 0 Å². The van der Waals surface area contributed by atoms with Crippen LogP contribution in [0.3, 0.4) is 0 Å². The maximum Gasteiger partial charge on any atom is 0.308 e. The van der Waals surface area contributed by atoms with Gasteiger partial charge >= 0.3 is 5.97 Å². The van der Waals surface area contributed by atoms with Gasteiger partial charge in [0.15, 0.2) is 0 Å². The van der Waals surface area contributed by atoms with Crippen LogP contribution in [0.5, 0.6) is 0 Å². The first-order valence-corrected chi connectivity index (χ1v) is 14.4. The highest BCUT2D eigenvalue weighted by atomic mass is 32.1. The minimum absolute atomic E-state index is 0.0366. The summed E-state index contributed by atoms with van der Waals surface area (Å²) in [7, 11) is 0. The molecule has 4 fully saturated rings. The van der Waals surface area contributed by atoms with Crippen molar-refractivity contribution in [1.29, 1.82) is 0 Å². The summed E-state index contributed by atoms with van der Waals surface area (Å²) >= 11 is 1.64. The molecule has 3 aromatic rings. The van der Waals surface area contributed by atoms with Crippen molar-refractivity contribution in [3.63, 3.8) is 0 Å². The number of ether oxygens (including phenoxy) is 2. The molecule has 0 radical (unpaired) electrons. The molecule has 4 aliphatic rings. The third-order valence-corrected chi connectivity index (χ3v) is 9.41. The van der Waals surface area contributed by atoms with Gasteiger partial charge in [-0.15, -0.1) is 10.2 Å². The summed E-state index contributed by atoms with van der Waals surface area (Å²) in [6, 6.07) is 12.9. The first-order valence-electron chi connectivity index (χ1n) is 13.5. The second-order valence-electron chi connectivity index (χ2n) is 10.9. The first-order chi connectivity index (χ1) is 18.1. The van der Waals surface area contributed by atoms with Gasteiger partial charge in [0.25, 0.3) is 0 Å². The molecular weight excluding hydrogens is 484 g/mol. The lowest BCUT2D eigenvalue weighted by atomic mass is 9.62. The predicted octanol–water partition coefficient (Wildman–Crippen LogP) is 6.54. The highest BCUT2D eigenvalue weighted by Gasteiger charge is 2.51. The SMILES string of the molecule is CCCOC(=O)CC12CCC(c3ccc(-c4ccc(Nc5nnc(C6CCC6)s5)cn4)cc3)(CC1)CO2. The zero-order chi connectivity index (χ0) is 25.3. The minimum atomic E-state index is -0.334. The van der Waals surface area contributed by atoms with E-state index in [0.717, 1.165) is 59.2 Å². The molecular formula is C29H34N4O3S. The molecule has 1 N–H and O–H groups in total. The van der Waals surface area contributed by atoms with Crippen molar-refractivity contribution < 1.29 is 14.3 Å². The van der Waals surface area contributed by atoms with Gasteiger partial charge in [0.05, 0.1) is 42.8 Å². The number of fused-ring (bicyclic) bond motifs is 3. The highest BCUT2D eigenvalue weighted by Crippen LogP contribution is 2.51. The van der Waals surface area contributed by atoms with E-state index in [9.17, 15) is 4.79 Å². The molecule has 194 valence electrons. The monoisotopic (exact) mass is 518 g/mol. The maximum atomic E-state index is 12.2. The largest absolute Gasteiger partial charge is 0.466 e. The smallest absolute Gasteiger partial charge is 0.308 e. The standard InChI is InChI=1S/C29H34N4O3S/c1-2-16-35-25(34)17-29-14-12-28(13-15-29,19-36-29)22-8-6-20(7-9-22)24-11-10-23(18-30-24)31-27-33-32-26(37-27)21-4-3-5-21/h6-11,18,21H,2-5,12-17,19H2,1H3,(H,31,33). The molecule has 0 atom stereocenters. The summed E-state index contributed by atoms with van der Waals surface area (Å²) in [5.41, 5.74) is 3.97. The van der Waals surface area contributed by atoms with Crippen LogP contribution in [0.25, 0.3) is 11.3 Å². The summed E-state index contributed by atoms with van der Waals surface area (Å²) in [5, 5.41) is 13.9. The lowest BCUT2D eigenvalue weighted by molar-refractivity contribution is -0.178. The number of hydrogen-bond acceptors (Lipinski definition) is 8. The Hall–Kier alpha value is -2.84. The van der Waals surface area contributed by atoms with Crippen molar-refractivity contribution in [2.75, 3.05) is 18.5 Å². The molecule has 0 amide bonds. The van der Waals surface area contributed by atoms with Gasteiger partial charge in [-0.2, -0.15) is 0 Å². The van der Waals surface area contributed by atoms with Crippen LogP contribution in [-0.4, -0.2) is 40.0 Å². The lowest BCUT2D eigenvalue weighted by Crippen LogP contribution is -2.54. The highest BCUT2D eigenvalue weighted by molar-refractivity contribution is 7.15. The van der Waals surface area contributed by atoms with Gasteiger partial charge in [-0.25, -0.2) is 0 Å². The number of anilines is 2. The van der Waals surface area contributed by atoms with Crippen molar-refractivity contribution in [2.24, 2.45) is 0 Å². The third kappa shape index (κ3) is 5.01. The van der Waals surface area contributed by atoms with Crippen molar-refractivity contribution in [3.05, 3.63) is 53.2 Å². The third-order valence-electron chi connectivity index (χ3n) is 8.41. The van der Waals surface area contributed by atoms with Gasteiger partial charge in [0.1, 0.15) is 5.01 Å². The normalized spacial score (nSPS) is 25.0. The fourth-order valence-electron chi connectivity index (χ4n) is 5.76. The average molecular weight is 519 g/mol. The Bertz CT molecular complexity index is 1210. The topological polar surface area (TPSA) is 86.2 Å². The van der Waals surface area contributed by atoms with Crippen LogP contribution in [-0.2, 0) is 19.7 Å². The number of pyridine rings is 1. The molecule has 0 spiro atoms. The van der Waals surface area contributed by atoms with Crippen LogP contribution in [0.2, 0.25) is 0 Å². The molecule has 8 heteroatoms. The number of esters is 1. The minimum Gasteiger partial charge on any atom is -0.466 e. The molecule has 7 nitrogen and oxygen atoms in total. The summed E-state index contributed by atoms with van der Waals surface area (Å²) in [5.74, 6) is 0.470. The summed E-state index contributed by atoms with van der Waals surface area (Å²) in [4.78, 5) is 16.9. The number of carbonyl (C=O) groups is 1.